The minimum atomic E-state index is -0.992. The molecule has 0 aliphatic carbocycles. The quantitative estimate of drug-likeness (QED) is 0.0653. The van der Waals surface area contributed by atoms with Gasteiger partial charge in [-0.25, -0.2) is 0 Å². The van der Waals surface area contributed by atoms with Gasteiger partial charge in [0.15, 0.2) is 0 Å². The van der Waals surface area contributed by atoms with E-state index in [4.69, 9.17) is 19.3 Å². The molecule has 1 aliphatic heterocycles. The van der Waals surface area contributed by atoms with Crippen molar-refractivity contribution in [2.45, 2.75) is 155 Å². The van der Waals surface area contributed by atoms with Gasteiger partial charge in [-0.3, -0.25) is 24.0 Å². The molecule has 13 nitrogen and oxygen atoms in total. The molecule has 0 aromatic rings. The Kier molecular flexibility index (Phi) is 28.8. The van der Waals surface area contributed by atoms with Crippen LogP contribution in [0.15, 0.2) is 0 Å². The number of carbonyl (C=O) groups is 5. The zero-order valence-corrected chi connectivity index (χ0v) is 32.7. The van der Waals surface area contributed by atoms with Crippen molar-refractivity contribution >= 4 is 29.6 Å². The predicted octanol–water partition coefficient (Wildman–Crippen LogP) is 5.14. The van der Waals surface area contributed by atoms with Crippen molar-refractivity contribution in [1.29, 1.82) is 0 Å². The molecule has 302 valence electrons. The van der Waals surface area contributed by atoms with Gasteiger partial charge in [0.2, 0.25) is 23.6 Å². The van der Waals surface area contributed by atoms with Gasteiger partial charge in [-0.05, 0) is 44.4 Å². The monoisotopic (exact) mass is 741 g/mol. The lowest BCUT2D eigenvalue weighted by atomic mass is 10.0. The van der Waals surface area contributed by atoms with E-state index < -0.39 is 18.1 Å². The van der Waals surface area contributed by atoms with Crippen LogP contribution in [0, 0.1) is 5.92 Å². The Hall–Kier alpha value is -2.77. The number of unbranched alkanes of at least 4 members (excludes halogenated alkanes) is 10. The normalized spacial score (nSPS) is 14.8. The third-order valence-electron chi connectivity index (χ3n) is 9.07. The number of nitrogens with one attached hydrogen (secondary N) is 3. The van der Waals surface area contributed by atoms with Crippen LogP contribution in [0.4, 0.5) is 0 Å². The molecule has 1 aliphatic rings. The summed E-state index contributed by atoms with van der Waals surface area (Å²) >= 11 is 0. The van der Waals surface area contributed by atoms with E-state index in [0.29, 0.717) is 91.4 Å². The number of carbonyl (C=O) groups excluding carboxylic acids is 4. The van der Waals surface area contributed by atoms with Gasteiger partial charge in [-0.1, -0.05) is 85.0 Å². The fraction of sp³-hybridized carbons (Fsp3) is 0.872. The maximum absolute atomic E-state index is 13.3. The predicted molar refractivity (Wildman–Crippen MR) is 202 cm³/mol. The number of hydrogen-bond acceptors (Lipinski definition) is 8. The number of amides is 4. The molecule has 0 bridgehead atoms. The SMILES string of the molecule is CCCCCCCCCCCCCC(=O)N1CCCC1C(=O)NC(CC(C)C)C(=O)NCCCOCCOCCOCCCNC(=O)CCC(=O)O. The lowest BCUT2D eigenvalue weighted by molar-refractivity contribution is -0.139. The van der Waals surface area contributed by atoms with Gasteiger partial charge in [0, 0.05) is 45.7 Å². The lowest BCUT2D eigenvalue weighted by Gasteiger charge is -2.27. The summed E-state index contributed by atoms with van der Waals surface area (Å²) in [5, 5.41) is 17.1. The average Bonchev–Trinajstić information content (AvgIpc) is 3.61. The van der Waals surface area contributed by atoms with E-state index in [1.165, 1.54) is 51.4 Å². The Morgan fingerprint density at radius 1 is 0.692 bits per heavy atom. The van der Waals surface area contributed by atoms with Crippen LogP contribution in [-0.2, 0) is 38.2 Å². The van der Waals surface area contributed by atoms with Crippen LogP contribution in [-0.4, -0.2) is 111 Å². The van der Waals surface area contributed by atoms with Crippen molar-refractivity contribution in [1.82, 2.24) is 20.9 Å². The van der Waals surface area contributed by atoms with E-state index in [1.54, 1.807) is 4.90 Å². The van der Waals surface area contributed by atoms with Gasteiger partial charge >= 0.3 is 5.97 Å². The van der Waals surface area contributed by atoms with E-state index in [-0.39, 0.29) is 42.4 Å². The van der Waals surface area contributed by atoms with Gasteiger partial charge < -0.3 is 40.2 Å². The summed E-state index contributed by atoms with van der Waals surface area (Å²) in [5.41, 5.74) is 0. The first kappa shape index (κ1) is 47.3. The first-order chi connectivity index (χ1) is 25.1. The van der Waals surface area contributed by atoms with Crippen molar-refractivity contribution in [3.8, 4) is 0 Å². The molecule has 4 N–H and O–H groups in total. The maximum Gasteiger partial charge on any atom is 0.303 e. The minimum absolute atomic E-state index is 0.0248. The second kappa shape index (κ2) is 31.7. The van der Waals surface area contributed by atoms with E-state index in [0.717, 1.165) is 25.7 Å². The second-order valence-corrected chi connectivity index (χ2v) is 14.3. The molecule has 1 heterocycles. The molecular formula is C39H72N4O9. The summed E-state index contributed by atoms with van der Waals surface area (Å²) in [6.45, 7) is 10.3. The van der Waals surface area contributed by atoms with Gasteiger partial charge in [0.1, 0.15) is 12.1 Å². The van der Waals surface area contributed by atoms with Crippen molar-refractivity contribution in [3.63, 3.8) is 0 Å². The smallest absolute Gasteiger partial charge is 0.303 e. The molecule has 0 saturated carbocycles. The fourth-order valence-electron chi connectivity index (χ4n) is 6.15. The highest BCUT2D eigenvalue weighted by molar-refractivity contribution is 5.92. The molecule has 1 rings (SSSR count). The number of carboxylic acids is 1. The summed E-state index contributed by atoms with van der Waals surface area (Å²) in [5.74, 6) is -1.48. The first-order valence-corrected chi connectivity index (χ1v) is 20.2. The number of nitrogens with zero attached hydrogens (tertiary/aromatic N) is 1. The molecule has 0 radical (unpaired) electrons. The van der Waals surface area contributed by atoms with Crippen LogP contribution in [0.1, 0.15) is 143 Å². The molecule has 4 amide bonds. The molecule has 0 spiro atoms. The molecule has 0 aromatic carbocycles. The number of ether oxygens (including phenoxy) is 3. The van der Waals surface area contributed by atoms with Crippen molar-refractivity contribution < 1.29 is 43.3 Å². The van der Waals surface area contributed by atoms with Gasteiger partial charge in [-0.2, -0.15) is 0 Å². The number of carboxylic acid groups (broad SMARTS) is 1. The minimum Gasteiger partial charge on any atom is -0.481 e. The molecule has 52 heavy (non-hydrogen) atoms. The van der Waals surface area contributed by atoms with E-state index in [2.05, 4.69) is 22.9 Å². The van der Waals surface area contributed by atoms with Crippen LogP contribution < -0.4 is 16.0 Å². The zero-order chi connectivity index (χ0) is 38.2. The van der Waals surface area contributed by atoms with E-state index in [9.17, 15) is 24.0 Å². The Labute approximate surface area is 313 Å². The molecule has 1 fully saturated rings. The summed E-state index contributed by atoms with van der Waals surface area (Å²) < 4.78 is 16.5. The van der Waals surface area contributed by atoms with Crippen LogP contribution >= 0.6 is 0 Å². The Morgan fingerprint density at radius 3 is 1.79 bits per heavy atom. The number of likely N-dealkylation sites (tertiary alicyclic amines) is 1. The third kappa shape index (κ3) is 25.2. The van der Waals surface area contributed by atoms with E-state index >= 15 is 0 Å². The highest BCUT2D eigenvalue weighted by Crippen LogP contribution is 2.21. The number of rotatable bonds is 34. The molecule has 13 heteroatoms. The van der Waals surface area contributed by atoms with E-state index in [1.807, 2.05) is 13.8 Å². The zero-order valence-electron chi connectivity index (χ0n) is 32.7. The summed E-state index contributed by atoms with van der Waals surface area (Å²) in [7, 11) is 0. The van der Waals surface area contributed by atoms with Gasteiger partial charge in [0.25, 0.3) is 0 Å². The first-order valence-electron chi connectivity index (χ1n) is 20.2. The standard InChI is InChI=1S/C39H72N4O9/c1-4-5-6-7-8-9-10-11-12-13-14-19-36(45)43-24-15-18-34(43)39(49)42-33(31-32(2)3)38(48)41-23-17-26-51-28-30-52-29-27-50-25-16-22-40-35(44)20-21-37(46)47/h32-34H,4-31H2,1-3H3,(H,40,44)(H,41,48)(H,42,49)(H,46,47). The molecule has 2 unspecified atom stereocenters. The number of aliphatic carboxylic acids is 1. The lowest BCUT2D eigenvalue weighted by Crippen LogP contribution is -2.53. The van der Waals surface area contributed by atoms with Crippen molar-refractivity contribution in [3.05, 3.63) is 0 Å². The third-order valence-corrected chi connectivity index (χ3v) is 9.07. The fourth-order valence-corrected chi connectivity index (χ4v) is 6.15. The molecule has 1 saturated heterocycles. The highest BCUT2D eigenvalue weighted by Gasteiger charge is 2.35. The number of hydrogen-bond donors (Lipinski definition) is 4. The Balaban J connectivity index is 2.17. The second-order valence-electron chi connectivity index (χ2n) is 14.3. The Bertz CT molecular complexity index is 981. The van der Waals surface area contributed by atoms with Crippen LogP contribution in [0.25, 0.3) is 0 Å². The largest absolute Gasteiger partial charge is 0.481 e. The average molecular weight is 741 g/mol. The van der Waals surface area contributed by atoms with Crippen LogP contribution in [0.2, 0.25) is 0 Å². The molecule has 2 atom stereocenters. The summed E-state index contributed by atoms with van der Waals surface area (Å²) in [6.07, 6.45) is 17.0. The summed E-state index contributed by atoms with van der Waals surface area (Å²) in [4.78, 5) is 63.0. The van der Waals surface area contributed by atoms with Gasteiger partial charge in [0.05, 0.1) is 32.8 Å². The van der Waals surface area contributed by atoms with Crippen molar-refractivity contribution in [2.75, 3.05) is 59.3 Å². The molecule has 0 aromatic heterocycles. The topological polar surface area (TPSA) is 173 Å². The van der Waals surface area contributed by atoms with Crippen LogP contribution in [0.3, 0.4) is 0 Å². The van der Waals surface area contributed by atoms with Crippen molar-refractivity contribution in [2.24, 2.45) is 5.92 Å². The van der Waals surface area contributed by atoms with Crippen LogP contribution in [0.5, 0.6) is 0 Å². The summed E-state index contributed by atoms with van der Waals surface area (Å²) in [6, 6.07) is -1.17. The Morgan fingerprint density at radius 2 is 1.23 bits per heavy atom. The highest BCUT2D eigenvalue weighted by atomic mass is 16.5. The van der Waals surface area contributed by atoms with Gasteiger partial charge in [-0.15, -0.1) is 0 Å². The molecular weight excluding hydrogens is 668 g/mol. The maximum atomic E-state index is 13.3.